The van der Waals surface area contributed by atoms with Crippen molar-refractivity contribution in [2.24, 2.45) is 5.41 Å². The molecule has 0 aromatic carbocycles. The van der Waals surface area contributed by atoms with E-state index in [9.17, 15) is 19.2 Å². The molecule has 1 aliphatic heterocycles. The Hall–Kier alpha value is -1.41. The molecular weight excluding hydrogens is 310 g/mol. The van der Waals surface area contributed by atoms with Crippen molar-refractivity contribution in [1.29, 1.82) is 0 Å². The van der Waals surface area contributed by atoms with Gasteiger partial charge in [0.15, 0.2) is 5.12 Å². The predicted molar refractivity (Wildman–Crippen MR) is 79.4 cm³/mol. The van der Waals surface area contributed by atoms with Gasteiger partial charge in [0, 0.05) is 25.9 Å². The quantitative estimate of drug-likeness (QED) is 0.663. The fourth-order valence-corrected chi connectivity index (χ4v) is 2.44. The van der Waals surface area contributed by atoms with Gasteiger partial charge < -0.3 is 9.94 Å². The van der Waals surface area contributed by atoms with Crippen LogP contribution in [0.2, 0.25) is 0 Å². The van der Waals surface area contributed by atoms with Crippen LogP contribution in [0.5, 0.6) is 0 Å². The topological polar surface area (TPSA) is 101 Å². The molecule has 0 bridgehead atoms. The summed E-state index contributed by atoms with van der Waals surface area (Å²) in [7, 11) is 0. The molecule has 2 amide bonds. The maximum Gasteiger partial charge on any atom is 0.343 e. The van der Waals surface area contributed by atoms with Gasteiger partial charge in [0.25, 0.3) is 11.8 Å². The van der Waals surface area contributed by atoms with Gasteiger partial charge in [0.05, 0.1) is 0 Å². The third kappa shape index (κ3) is 6.15. The molecule has 1 aliphatic rings. The van der Waals surface area contributed by atoms with Crippen LogP contribution in [0.3, 0.4) is 0 Å². The van der Waals surface area contributed by atoms with Crippen LogP contribution in [-0.2, 0) is 24.0 Å². The monoisotopic (exact) mass is 331 g/mol. The van der Waals surface area contributed by atoms with E-state index in [1.807, 2.05) is 13.8 Å². The van der Waals surface area contributed by atoms with Crippen molar-refractivity contribution in [3.05, 3.63) is 0 Å². The van der Waals surface area contributed by atoms with Crippen molar-refractivity contribution < 1.29 is 29.1 Å². The lowest BCUT2D eigenvalue weighted by molar-refractivity contribution is -0.195. The van der Waals surface area contributed by atoms with E-state index in [0.29, 0.717) is 17.9 Å². The van der Waals surface area contributed by atoms with Gasteiger partial charge in [-0.2, -0.15) is 0 Å². The fraction of sp³-hybridized carbons (Fsp3) is 0.714. The van der Waals surface area contributed by atoms with E-state index >= 15 is 0 Å². The zero-order chi connectivity index (χ0) is 16.8. The van der Waals surface area contributed by atoms with E-state index in [0.717, 1.165) is 11.8 Å². The number of aliphatic hydroxyl groups excluding tert-OH is 1. The van der Waals surface area contributed by atoms with Crippen molar-refractivity contribution in [1.82, 2.24) is 5.06 Å². The van der Waals surface area contributed by atoms with Crippen LogP contribution in [0.15, 0.2) is 0 Å². The van der Waals surface area contributed by atoms with E-state index in [4.69, 9.17) is 5.11 Å². The molecule has 0 saturated carbocycles. The highest BCUT2D eigenvalue weighted by Gasteiger charge is 2.32. The first kappa shape index (κ1) is 18.6. The minimum atomic E-state index is -0.795. The molecule has 0 atom stereocenters. The van der Waals surface area contributed by atoms with E-state index in [-0.39, 0.29) is 42.2 Å². The number of hydrogen-bond acceptors (Lipinski definition) is 7. The number of carbonyl (C=O) groups excluding carboxylic acids is 4. The average Bonchev–Trinajstić information content (AvgIpc) is 2.75. The van der Waals surface area contributed by atoms with Gasteiger partial charge in [0.2, 0.25) is 0 Å². The number of imide groups is 1. The van der Waals surface area contributed by atoms with Crippen LogP contribution in [-0.4, -0.2) is 45.4 Å². The molecule has 1 N–H and O–H groups in total. The molecule has 0 aliphatic carbocycles. The van der Waals surface area contributed by atoms with Crippen molar-refractivity contribution in [2.45, 2.75) is 46.0 Å². The highest BCUT2D eigenvalue weighted by atomic mass is 32.2. The molecule has 0 spiro atoms. The largest absolute Gasteiger partial charge is 0.396 e. The Morgan fingerprint density at radius 3 is 2.36 bits per heavy atom. The van der Waals surface area contributed by atoms with Crippen LogP contribution in [0.25, 0.3) is 0 Å². The molecule has 8 heteroatoms. The number of hydrogen-bond donors (Lipinski definition) is 1. The summed E-state index contributed by atoms with van der Waals surface area (Å²) in [5.74, 6) is -2.12. The van der Waals surface area contributed by atoms with Crippen molar-refractivity contribution >= 4 is 34.7 Å². The molecule has 0 aromatic heterocycles. The number of rotatable bonds is 8. The third-order valence-corrected chi connectivity index (χ3v) is 4.25. The predicted octanol–water partition coefficient (Wildman–Crippen LogP) is 1.04. The Balaban J connectivity index is 2.27. The zero-order valence-electron chi connectivity index (χ0n) is 12.8. The number of amides is 2. The third-order valence-electron chi connectivity index (χ3n) is 3.34. The summed E-state index contributed by atoms with van der Waals surface area (Å²) in [4.78, 5) is 50.4. The van der Waals surface area contributed by atoms with E-state index in [2.05, 4.69) is 4.84 Å². The highest BCUT2D eigenvalue weighted by Crippen LogP contribution is 2.27. The summed E-state index contributed by atoms with van der Waals surface area (Å²) >= 11 is 0.804. The molecule has 0 unspecified atom stereocenters. The second kappa shape index (κ2) is 8.28. The molecule has 1 heterocycles. The Kier molecular flexibility index (Phi) is 7.02. The highest BCUT2D eigenvalue weighted by molar-refractivity contribution is 8.14. The Morgan fingerprint density at radius 2 is 1.82 bits per heavy atom. The second-order valence-corrected chi connectivity index (χ2v) is 6.88. The molecule has 0 aromatic rings. The second-order valence-electron chi connectivity index (χ2n) is 5.84. The normalized spacial score (nSPS) is 15.3. The molecule has 1 rings (SSSR count). The van der Waals surface area contributed by atoms with Crippen LogP contribution in [0.1, 0.15) is 46.0 Å². The Morgan fingerprint density at radius 1 is 1.23 bits per heavy atom. The molecular formula is C14H21NO6S. The molecule has 1 saturated heterocycles. The van der Waals surface area contributed by atoms with Gasteiger partial charge in [-0.1, -0.05) is 25.6 Å². The number of nitrogens with zero attached hydrogens (tertiary/aromatic N) is 1. The van der Waals surface area contributed by atoms with Gasteiger partial charge in [-0.3, -0.25) is 14.4 Å². The van der Waals surface area contributed by atoms with Gasteiger partial charge in [0.1, 0.15) is 5.75 Å². The maximum absolute atomic E-state index is 11.7. The zero-order valence-corrected chi connectivity index (χ0v) is 13.6. The lowest BCUT2D eigenvalue weighted by Crippen LogP contribution is -2.32. The minimum absolute atomic E-state index is 0.0398. The fourth-order valence-electron chi connectivity index (χ4n) is 1.87. The van der Waals surface area contributed by atoms with E-state index in [1.165, 1.54) is 0 Å². The van der Waals surface area contributed by atoms with Gasteiger partial charge >= 0.3 is 5.97 Å². The smallest absolute Gasteiger partial charge is 0.343 e. The number of thioether (sulfide) groups is 1. The standard InChI is InChI=1S/C14H21NO6S/c1-14(2,7-8-16)6-5-13(20)22-9-12(19)21-15-10(17)3-4-11(15)18/h16H,3-9H2,1-2H3. The summed E-state index contributed by atoms with van der Waals surface area (Å²) in [5.41, 5.74) is -0.139. The van der Waals surface area contributed by atoms with Crippen LogP contribution in [0.4, 0.5) is 0 Å². The van der Waals surface area contributed by atoms with Crippen molar-refractivity contribution in [3.63, 3.8) is 0 Å². The van der Waals surface area contributed by atoms with Crippen LogP contribution >= 0.6 is 11.8 Å². The van der Waals surface area contributed by atoms with Crippen molar-refractivity contribution in [3.8, 4) is 0 Å². The first-order valence-corrected chi connectivity index (χ1v) is 8.07. The summed E-state index contributed by atoms with van der Waals surface area (Å²) in [6.45, 7) is 3.98. The average molecular weight is 331 g/mol. The summed E-state index contributed by atoms with van der Waals surface area (Å²) in [6.07, 6.45) is 1.58. The number of aliphatic hydroxyl groups is 1. The first-order valence-electron chi connectivity index (χ1n) is 7.08. The molecule has 1 fully saturated rings. The Bertz CT molecular complexity index is 446. The SMILES string of the molecule is CC(C)(CCO)CCC(=O)SCC(=O)ON1C(=O)CCC1=O. The maximum atomic E-state index is 11.7. The lowest BCUT2D eigenvalue weighted by Gasteiger charge is -2.22. The van der Waals surface area contributed by atoms with Gasteiger partial charge in [-0.15, -0.1) is 5.06 Å². The van der Waals surface area contributed by atoms with Crippen molar-refractivity contribution in [2.75, 3.05) is 12.4 Å². The van der Waals surface area contributed by atoms with Gasteiger partial charge in [-0.25, -0.2) is 4.79 Å². The van der Waals surface area contributed by atoms with E-state index < -0.39 is 17.8 Å². The van der Waals surface area contributed by atoms with Gasteiger partial charge in [-0.05, 0) is 18.3 Å². The van der Waals surface area contributed by atoms with Crippen LogP contribution < -0.4 is 0 Å². The lowest BCUT2D eigenvalue weighted by atomic mass is 9.85. The molecule has 0 radical (unpaired) electrons. The summed E-state index contributed by atoms with van der Waals surface area (Å²) in [6, 6.07) is 0. The van der Waals surface area contributed by atoms with Crippen LogP contribution in [0, 0.1) is 5.41 Å². The molecule has 7 nitrogen and oxygen atoms in total. The minimum Gasteiger partial charge on any atom is -0.396 e. The molecule has 124 valence electrons. The summed E-state index contributed by atoms with van der Waals surface area (Å²) < 4.78 is 0. The van der Waals surface area contributed by atoms with E-state index in [1.54, 1.807) is 0 Å². The Labute approximate surface area is 133 Å². The number of carbonyl (C=O) groups is 4. The first-order chi connectivity index (χ1) is 10.2. The molecule has 22 heavy (non-hydrogen) atoms. The number of hydroxylamine groups is 2. The summed E-state index contributed by atoms with van der Waals surface area (Å²) in [5, 5.41) is 9.22.